The van der Waals surface area contributed by atoms with E-state index in [1.54, 1.807) is 0 Å². The van der Waals surface area contributed by atoms with Gasteiger partial charge in [-0.15, -0.1) is 0 Å². The lowest BCUT2D eigenvalue weighted by Crippen LogP contribution is -2.66. The zero-order valence-corrected chi connectivity index (χ0v) is 19.9. The molecule has 0 aliphatic heterocycles. The van der Waals surface area contributed by atoms with E-state index in [1.807, 2.05) is 0 Å². The molecular weight excluding hydrogens is 356 g/mol. The predicted octanol–water partition coefficient (Wildman–Crippen LogP) is 6.58. The SMILES string of the molecule is CC(C)CCCC(C)C1CCC2C3CCC4(O)C(O)CCCC4(C)C3CCC12C. The van der Waals surface area contributed by atoms with Crippen LogP contribution in [0.1, 0.15) is 112 Å². The van der Waals surface area contributed by atoms with Crippen LogP contribution in [0.25, 0.3) is 0 Å². The topological polar surface area (TPSA) is 40.5 Å². The molecule has 29 heavy (non-hydrogen) atoms. The third-order valence-corrected chi connectivity index (χ3v) is 11.0. The van der Waals surface area contributed by atoms with Crippen molar-refractivity contribution in [1.29, 1.82) is 0 Å². The van der Waals surface area contributed by atoms with Gasteiger partial charge in [0.1, 0.15) is 0 Å². The van der Waals surface area contributed by atoms with Crippen molar-refractivity contribution in [2.45, 2.75) is 123 Å². The highest BCUT2D eigenvalue weighted by molar-refractivity contribution is 5.15. The molecule has 2 nitrogen and oxygen atoms in total. The lowest BCUT2D eigenvalue weighted by Gasteiger charge is -2.64. The standard InChI is InChI=1S/C27H48O2/c1-18(2)8-6-9-19(3)21-11-12-22-20-13-17-27(29)24(28)10-7-15-26(27,5)23(20)14-16-25(21,22)4/h18-24,28-29H,6-17H2,1-5H3. The van der Waals surface area contributed by atoms with E-state index in [0.29, 0.717) is 11.3 Å². The van der Waals surface area contributed by atoms with Crippen LogP contribution >= 0.6 is 0 Å². The molecule has 0 aromatic rings. The second-order valence-electron chi connectivity index (χ2n) is 12.7. The fraction of sp³-hybridized carbons (Fsp3) is 1.00. The quantitative estimate of drug-likeness (QED) is 0.543. The zero-order chi connectivity index (χ0) is 21.0. The first kappa shape index (κ1) is 22.1. The monoisotopic (exact) mass is 404 g/mol. The van der Waals surface area contributed by atoms with Crippen molar-refractivity contribution in [3.8, 4) is 0 Å². The molecule has 0 amide bonds. The van der Waals surface area contributed by atoms with Gasteiger partial charge in [0.25, 0.3) is 0 Å². The average molecular weight is 405 g/mol. The van der Waals surface area contributed by atoms with Gasteiger partial charge in [-0.25, -0.2) is 0 Å². The fourth-order valence-electron chi connectivity index (χ4n) is 9.35. The van der Waals surface area contributed by atoms with E-state index in [9.17, 15) is 10.2 Å². The molecule has 9 unspecified atom stereocenters. The molecule has 0 heterocycles. The molecule has 0 aromatic carbocycles. The summed E-state index contributed by atoms with van der Waals surface area (Å²) in [5.41, 5.74) is -0.393. The molecule has 4 fully saturated rings. The number of aliphatic hydroxyl groups excluding tert-OH is 1. The first-order valence-electron chi connectivity index (χ1n) is 13.0. The van der Waals surface area contributed by atoms with Crippen molar-refractivity contribution >= 4 is 0 Å². The van der Waals surface area contributed by atoms with Crippen LogP contribution in [-0.2, 0) is 0 Å². The van der Waals surface area contributed by atoms with E-state index < -0.39 is 11.7 Å². The summed E-state index contributed by atoms with van der Waals surface area (Å²) in [5, 5.41) is 22.3. The molecule has 4 saturated carbocycles. The van der Waals surface area contributed by atoms with Crippen LogP contribution in [0.3, 0.4) is 0 Å². The summed E-state index contributed by atoms with van der Waals surface area (Å²) in [6.07, 6.45) is 14.1. The Labute approximate surface area is 180 Å². The molecule has 0 aromatic heterocycles. The van der Waals surface area contributed by atoms with Crippen molar-refractivity contribution in [3.63, 3.8) is 0 Å². The summed E-state index contributed by atoms with van der Waals surface area (Å²) in [5.74, 6) is 4.82. The molecule has 4 aliphatic carbocycles. The van der Waals surface area contributed by atoms with Gasteiger partial charge >= 0.3 is 0 Å². The fourth-order valence-corrected chi connectivity index (χ4v) is 9.35. The van der Waals surface area contributed by atoms with Gasteiger partial charge in [0.2, 0.25) is 0 Å². The van der Waals surface area contributed by atoms with E-state index in [0.717, 1.165) is 61.7 Å². The van der Waals surface area contributed by atoms with Gasteiger partial charge < -0.3 is 10.2 Å². The van der Waals surface area contributed by atoms with Crippen LogP contribution < -0.4 is 0 Å². The van der Waals surface area contributed by atoms with Crippen molar-refractivity contribution < 1.29 is 10.2 Å². The third kappa shape index (κ3) is 3.34. The molecule has 168 valence electrons. The maximum atomic E-state index is 11.6. The molecule has 0 spiro atoms. The van der Waals surface area contributed by atoms with E-state index >= 15 is 0 Å². The van der Waals surface area contributed by atoms with Crippen molar-refractivity contribution in [3.05, 3.63) is 0 Å². The van der Waals surface area contributed by atoms with E-state index in [-0.39, 0.29) is 5.41 Å². The summed E-state index contributed by atoms with van der Waals surface area (Å²) in [7, 11) is 0. The van der Waals surface area contributed by atoms with Gasteiger partial charge in [-0.3, -0.25) is 0 Å². The second-order valence-corrected chi connectivity index (χ2v) is 12.7. The molecule has 0 saturated heterocycles. The van der Waals surface area contributed by atoms with E-state index in [2.05, 4.69) is 34.6 Å². The minimum Gasteiger partial charge on any atom is -0.390 e. The van der Waals surface area contributed by atoms with Crippen molar-refractivity contribution in [2.24, 2.45) is 46.3 Å². The maximum absolute atomic E-state index is 11.6. The molecule has 0 bridgehead atoms. The van der Waals surface area contributed by atoms with E-state index in [4.69, 9.17) is 0 Å². The summed E-state index contributed by atoms with van der Waals surface area (Å²) in [6.45, 7) is 12.2. The molecule has 4 rings (SSSR count). The Morgan fingerprint density at radius 3 is 2.34 bits per heavy atom. The van der Waals surface area contributed by atoms with Gasteiger partial charge in [0.15, 0.2) is 0 Å². The summed E-state index contributed by atoms with van der Waals surface area (Å²) < 4.78 is 0. The number of rotatable bonds is 5. The van der Waals surface area contributed by atoms with Crippen molar-refractivity contribution in [1.82, 2.24) is 0 Å². The van der Waals surface area contributed by atoms with Crippen molar-refractivity contribution in [2.75, 3.05) is 0 Å². The Hall–Kier alpha value is -0.0800. The number of fused-ring (bicyclic) bond motifs is 5. The van der Waals surface area contributed by atoms with Crippen LogP contribution in [0.5, 0.6) is 0 Å². The molecule has 2 N–H and O–H groups in total. The number of hydrogen-bond donors (Lipinski definition) is 2. The number of aliphatic hydroxyl groups is 2. The summed E-state index contributed by atoms with van der Waals surface area (Å²) >= 11 is 0. The Bertz CT molecular complexity index is 587. The Kier molecular flexibility index (Phi) is 5.95. The largest absolute Gasteiger partial charge is 0.390 e. The van der Waals surface area contributed by atoms with E-state index in [1.165, 1.54) is 44.9 Å². The molecule has 9 atom stereocenters. The van der Waals surface area contributed by atoms with Gasteiger partial charge in [-0.2, -0.15) is 0 Å². The summed E-state index contributed by atoms with van der Waals surface area (Å²) in [6, 6.07) is 0. The van der Waals surface area contributed by atoms with Crippen LogP contribution in [0.15, 0.2) is 0 Å². The lowest BCUT2D eigenvalue weighted by atomic mass is 9.42. The van der Waals surface area contributed by atoms with Gasteiger partial charge in [0.05, 0.1) is 11.7 Å². The normalized spacial score (nSPS) is 50.7. The Balaban J connectivity index is 1.51. The maximum Gasteiger partial charge on any atom is 0.0961 e. The molecule has 2 heteroatoms. The van der Waals surface area contributed by atoms with Gasteiger partial charge in [-0.1, -0.05) is 60.3 Å². The Morgan fingerprint density at radius 2 is 1.62 bits per heavy atom. The molecule has 4 aliphatic rings. The Morgan fingerprint density at radius 1 is 0.862 bits per heavy atom. The highest BCUT2D eigenvalue weighted by Gasteiger charge is 2.65. The predicted molar refractivity (Wildman–Crippen MR) is 121 cm³/mol. The molecule has 0 radical (unpaired) electrons. The smallest absolute Gasteiger partial charge is 0.0961 e. The lowest BCUT2D eigenvalue weighted by molar-refractivity contribution is -0.246. The number of hydrogen-bond acceptors (Lipinski definition) is 2. The van der Waals surface area contributed by atoms with Crippen LogP contribution in [0.4, 0.5) is 0 Å². The third-order valence-electron chi connectivity index (χ3n) is 11.0. The summed E-state index contributed by atoms with van der Waals surface area (Å²) in [4.78, 5) is 0. The second kappa shape index (κ2) is 7.80. The van der Waals surface area contributed by atoms with Crippen LogP contribution in [0.2, 0.25) is 0 Å². The minimum atomic E-state index is -0.831. The van der Waals surface area contributed by atoms with Crippen LogP contribution in [0, 0.1) is 46.3 Å². The zero-order valence-electron chi connectivity index (χ0n) is 19.9. The minimum absolute atomic E-state index is 0.0735. The average Bonchev–Trinajstić information content (AvgIpc) is 3.01. The highest BCUT2D eigenvalue weighted by Crippen LogP contribution is 2.69. The van der Waals surface area contributed by atoms with Gasteiger partial charge in [0, 0.05) is 5.41 Å². The van der Waals surface area contributed by atoms with Gasteiger partial charge in [-0.05, 0) is 92.3 Å². The first-order valence-corrected chi connectivity index (χ1v) is 13.0. The molecular formula is C27H48O2. The highest BCUT2D eigenvalue weighted by atomic mass is 16.3. The van der Waals surface area contributed by atoms with Crippen LogP contribution in [-0.4, -0.2) is 21.9 Å². The first-order chi connectivity index (χ1) is 13.6.